The van der Waals surface area contributed by atoms with Crippen molar-refractivity contribution in [3.8, 4) is 22.4 Å². The molecule has 1 atom stereocenters. The van der Waals surface area contributed by atoms with Crippen molar-refractivity contribution in [2.45, 2.75) is 31.1 Å². The van der Waals surface area contributed by atoms with E-state index in [9.17, 15) is 4.39 Å². The second-order valence-electron chi connectivity index (χ2n) is 8.88. The maximum atomic E-state index is 13.5. The number of nitrogens with one attached hydrogen (secondary N) is 1. The summed E-state index contributed by atoms with van der Waals surface area (Å²) in [5, 5.41) is 0. The molecule has 1 N–H and O–H groups in total. The van der Waals surface area contributed by atoms with Gasteiger partial charge in [-0.1, -0.05) is 6.08 Å². The zero-order valence-electron chi connectivity index (χ0n) is 17.9. The lowest BCUT2D eigenvalue weighted by molar-refractivity contribution is -0.257. The van der Waals surface area contributed by atoms with E-state index in [2.05, 4.69) is 27.1 Å². The third-order valence-electron chi connectivity index (χ3n) is 6.88. The molecule has 3 aromatic rings. The summed E-state index contributed by atoms with van der Waals surface area (Å²) >= 11 is 0. The van der Waals surface area contributed by atoms with Gasteiger partial charge in [0.05, 0.1) is 25.5 Å². The Kier molecular flexibility index (Phi) is 4.94. The minimum atomic E-state index is -0.433. The maximum Gasteiger partial charge on any atom is 0.182 e. The number of fused-ring (bicyclic) bond motifs is 1. The van der Waals surface area contributed by atoms with Crippen LogP contribution in [0.2, 0.25) is 0 Å². The molecule has 3 aliphatic heterocycles. The molecule has 5 heterocycles. The molecule has 1 aromatic carbocycles. The number of aromatic amines is 1. The van der Waals surface area contributed by atoms with E-state index in [0.717, 1.165) is 68.0 Å². The highest BCUT2D eigenvalue weighted by Gasteiger charge is 2.48. The van der Waals surface area contributed by atoms with Crippen molar-refractivity contribution in [2.24, 2.45) is 0 Å². The van der Waals surface area contributed by atoms with Gasteiger partial charge in [0, 0.05) is 48.7 Å². The Morgan fingerprint density at radius 2 is 1.81 bits per heavy atom. The Morgan fingerprint density at radius 1 is 1.03 bits per heavy atom. The average Bonchev–Trinajstić information content (AvgIpc) is 3.41. The van der Waals surface area contributed by atoms with Crippen molar-refractivity contribution in [3.05, 3.63) is 72.4 Å². The van der Waals surface area contributed by atoms with E-state index in [4.69, 9.17) is 9.47 Å². The molecule has 0 saturated carbocycles. The van der Waals surface area contributed by atoms with Gasteiger partial charge < -0.3 is 14.5 Å². The summed E-state index contributed by atoms with van der Waals surface area (Å²) in [5.41, 5.74) is 6.72. The molecule has 0 aliphatic carbocycles. The third-order valence-corrected chi connectivity index (χ3v) is 6.88. The molecule has 0 unspecified atom stereocenters. The van der Waals surface area contributed by atoms with Crippen LogP contribution in [0.25, 0.3) is 28.0 Å². The van der Waals surface area contributed by atoms with Gasteiger partial charge in [-0.15, -0.1) is 0 Å². The van der Waals surface area contributed by atoms with Crippen LogP contribution in [0.4, 0.5) is 4.39 Å². The summed E-state index contributed by atoms with van der Waals surface area (Å²) < 4.78 is 25.7. The van der Waals surface area contributed by atoms with E-state index in [0.29, 0.717) is 6.04 Å². The Labute approximate surface area is 186 Å². The molecule has 32 heavy (non-hydrogen) atoms. The molecule has 6 rings (SSSR count). The Balaban J connectivity index is 1.36. The Bertz CT molecular complexity index is 1130. The molecule has 6 heteroatoms. The zero-order valence-corrected chi connectivity index (χ0v) is 17.9. The number of aromatic nitrogens is 2. The third kappa shape index (κ3) is 3.48. The van der Waals surface area contributed by atoms with Crippen molar-refractivity contribution >= 4 is 5.57 Å². The lowest BCUT2D eigenvalue weighted by Gasteiger charge is -2.33. The van der Waals surface area contributed by atoms with Crippen molar-refractivity contribution in [3.63, 3.8) is 0 Å². The highest BCUT2D eigenvalue weighted by molar-refractivity contribution is 5.91. The van der Waals surface area contributed by atoms with Crippen molar-refractivity contribution < 1.29 is 13.9 Å². The second kappa shape index (κ2) is 7.96. The number of pyridine rings is 1. The molecule has 2 fully saturated rings. The number of ether oxygens (including phenoxy) is 2. The maximum absolute atomic E-state index is 13.5. The van der Waals surface area contributed by atoms with Crippen molar-refractivity contribution in [2.75, 3.05) is 26.3 Å². The van der Waals surface area contributed by atoms with Crippen LogP contribution in [0, 0.1) is 5.82 Å². The minimum absolute atomic E-state index is 0.233. The normalized spacial score (nSPS) is 22.7. The van der Waals surface area contributed by atoms with Gasteiger partial charge in [0.15, 0.2) is 5.79 Å². The van der Waals surface area contributed by atoms with E-state index >= 15 is 0 Å². The van der Waals surface area contributed by atoms with E-state index in [1.807, 2.05) is 36.7 Å². The molecule has 2 aromatic heterocycles. The molecule has 5 nitrogen and oxygen atoms in total. The van der Waals surface area contributed by atoms with Crippen LogP contribution >= 0.6 is 0 Å². The fourth-order valence-corrected chi connectivity index (χ4v) is 5.36. The highest BCUT2D eigenvalue weighted by atomic mass is 19.1. The molecule has 2 saturated heterocycles. The molecule has 0 amide bonds. The van der Waals surface area contributed by atoms with Crippen LogP contribution in [-0.4, -0.2) is 53.0 Å². The predicted octanol–water partition coefficient (Wildman–Crippen LogP) is 4.88. The van der Waals surface area contributed by atoms with Crippen LogP contribution in [0.15, 0.2) is 61.1 Å². The Morgan fingerprint density at radius 3 is 2.59 bits per heavy atom. The lowest BCUT2D eigenvalue weighted by Crippen LogP contribution is -2.43. The monoisotopic (exact) mass is 431 g/mol. The molecule has 164 valence electrons. The van der Waals surface area contributed by atoms with Gasteiger partial charge in [-0.05, 0) is 65.9 Å². The second-order valence-corrected chi connectivity index (χ2v) is 8.88. The fraction of sp³-hybridized carbons (Fsp3) is 0.346. The van der Waals surface area contributed by atoms with Crippen LogP contribution in [-0.2, 0) is 9.47 Å². The number of benzene rings is 1. The van der Waals surface area contributed by atoms with E-state index in [-0.39, 0.29) is 5.82 Å². The van der Waals surface area contributed by atoms with Gasteiger partial charge in [-0.25, -0.2) is 4.39 Å². The number of hydrogen-bond acceptors (Lipinski definition) is 4. The first-order chi connectivity index (χ1) is 15.7. The van der Waals surface area contributed by atoms with E-state index in [1.54, 1.807) is 0 Å². The smallest absolute Gasteiger partial charge is 0.182 e. The molecular weight excluding hydrogens is 405 g/mol. The van der Waals surface area contributed by atoms with E-state index in [1.165, 1.54) is 23.3 Å². The van der Waals surface area contributed by atoms with Crippen molar-refractivity contribution in [1.29, 1.82) is 0 Å². The number of H-pyrrole nitrogens is 1. The molecular formula is C26H26FN3O2. The molecule has 0 bridgehead atoms. The van der Waals surface area contributed by atoms with E-state index < -0.39 is 5.79 Å². The zero-order chi connectivity index (χ0) is 21.5. The Hall–Kier alpha value is -2.80. The summed E-state index contributed by atoms with van der Waals surface area (Å²) in [4.78, 5) is 10.2. The number of nitrogens with zero attached hydrogens (tertiary/aromatic N) is 2. The summed E-state index contributed by atoms with van der Waals surface area (Å²) in [7, 11) is 0. The van der Waals surface area contributed by atoms with Gasteiger partial charge in [0.1, 0.15) is 5.82 Å². The number of halogens is 1. The molecule has 3 aliphatic rings. The fourth-order valence-electron chi connectivity index (χ4n) is 5.36. The van der Waals surface area contributed by atoms with Crippen LogP contribution < -0.4 is 0 Å². The van der Waals surface area contributed by atoms with Crippen LogP contribution in [0.1, 0.15) is 24.8 Å². The quantitative estimate of drug-likeness (QED) is 0.642. The molecule has 0 radical (unpaired) electrons. The minimum Gasteiger partial charge on any atom is -0.360 e. The van der Waals surface area contributed by atoms with Gasteiger partial charge in [-0.2, -0.15) is 0 Å². The lowest BCUT2D eigenvalue weighted by atomic mass is 9.89. The predicted molar refractivity (Wildman–Crippen MR) is 121 cm³/mol. The summed E-state index contributed by atoms with van der Waals surface area (Å²) in [6.07, 6.45) is 10.9. The first-order valence-corrected chi connectivity index (χ1v) is 11.3. The van der Waals surface area contributed by atoms with Gasteiger partial charge in [-0.3, -0.25) is 9.88 Å². The van der Waals surface area contributed by atoms with Gasteiger partial charge in [0.25, 0.3) is 0 Å². The standard InChI is InChI=1S/C26H26FN3O2/c27-21-4-2-19(3-5-21)25-24(18-6-9-28-10-7-18)23(16-29-25)20-8-11-30-17-26(15-22(30)14-20)31-12-1-13-32-26/h2-10,16,22,29H,1,11-15,17H2/t22-/m1/s1. The average molecular weight is 432 g/mol. The summed E-state index contributed by atoms with van der Waals surface area (Å²) in [5.74, 6) is -0.666. The molecule has 1 spiro atoms. The van der Waals surface area contributed by atoms with Gasteiger partial charge >= 0.3 is 0 Å². The summed E-state index contributed by atoms with van der Waals surface area (Å²) in [6, 6.07) is 11.1. The SMILES string of the molecule is Fc1ccc(-c2[nH]cc(C3=CCN4CC5(C[C@H]4C3)OCCCO5)c2-c2ccncc2)cc1. The first kappa shape index (κ1) is 19.9. The van der Waals surface area contributed by atoms with Crippen LogP contribution in [0.5, 0.6) is 0 Å². The van der Waals surface area contributed by atoms with Crippen molar-refractivity contribution in [1.82, 2.24) is 14.9 Å². The number of hydrogen-bond donors (Lipinski definition) is 1. The number of rotatable bonds is 3. The highest BCUT2D eigenvalue weighted by Crippen LogP contribution is 2.44. The summed E-state index contributed by atoms with van der Waals surface area (Å²) in [6.45, 7) is 3.30. The van der Waals surface area contributed by atoms with Crippen LogP contribution in [0.3, 0.4) is 0 Å². The topological polar surface area (TPSA) is 50.4 Å². The largest absolute Gasteiger partial charge is 0.360 e. The van der Waals surface area contributed by atoms with Gasteiger partial charge in [0.2, 0.25) is 0 Å². The first-order valence-electron chi connectivity index (χ1n) is 11.3.